The lowest BCUT2D eigenvalue weighted by atomic mass is 10.5. The van der Waals surface area contributed by atoms with Crippen molar-refractivity contribution in [3.05, 3.63) is 0 Å². The van der Waals surface area contributed by atoms with Crippen molar-refractivity contribution < 1.29 is 13.9 Å². The minimum atomic E-state index is -0.376. The molecule has 3 nitrogen and oxygen atoms in total. The van der Waals surface area contributed by atoms with E-state index in [0.29, 0.717) is 0 Å². The first-order chi connectivity index (χ1) is 5.24. The van der Waals surface area contributed by atoms with E-state index < -0.39 is 0 Å². The molecule has 0 aliphatic heterocycles. The summed E-state index contributed by atoms with van der Waals surface area (Å²) in [6, 6.07) is 0. The van der Waals surface area contributed by atoms with Crippen LogP contribution in [0, 0.1) is 0 Å². The lowest BCUT2D eigenvalue weighted by Crippen LogP contribution is -2.24. The van der Waals surface area contributed by atoms with Gasteiger partial charge in [-0.25, -0.2) is 0 Å². The van der Waals surface area contributed by atoms with E-state index in [1.54, 1.807) is 7.11 Å². The van der Waals surface area contributed by atoms with Crippen molar-refractivity contribution in [2.75, 3.05) is 7.11 Å². The largest absolute Gasteiger partial charge is 0.400 e. The number of ether oxygens (including phenoxy) is 2. The van der Waals surface area contributed by atoms with E-state index in [1.807, 2.05) is 13.8 Å². The Kier molecular flexibility index (Phi) is 6.85. The Labute approximate surface area is 71.0 Å². The maximum atomic E-state index is 5.40. The topological polar surface area (TPSA) is 27.7 Å². The van der Waals surface area contributed by atoms with Crippen LogP contribution in [-0.4, -0.2) is 29.5 Å². The standard InChI is InChI=1S/C7H18O3Si/c1-5-7(10-11-4)9-6(2)8-3/h6-7H,5,11H2,1-4H3. The van der Waals surface area contributed by atoms with E-state index >= 15 is 0 Å². The van der Waals surface area contributed by atoms with Gasteiger partial charge < -0.3 is 13.9 Å². The molecule has 11 heavy (non-hydrogen) atoms. The van der Waals surface area contributed by atoms with Crippen LogP contribution in [0.3, 0.4) is 0 Å². The highest BCUT2D eigenvalue weighted by Gasteiger charge is 2.08. The lowest BCUT2D eigenvalue weighted by molar-refractivity contribution is -0.201. The summed E-state index contributed by atoms with van der Waals surface area (Å²) in [7, 11) is 1.25. The summed E-state index contributed by atoms with van der Waals surface area (Å²) in [6.45, 7) is 5.99. The molecule has 0 aliphatic rings. The molecule has 0 amide bonds. The van der Waals surface area contributed by atoms with Crippen molar-refractivity contribution in [2.24, 2.45) is 0 Å². The molecule has 0 radical (unpaired) electrons. The molecule has 0 aliphatic carbocycles. The van der Waals surface area contributed by atoms with Crippen molar-refractivity contribution in [1.82, 2.24) is 0 Å². The average Bonchev–Trinajstić information content (AvgIpc) is 2.03. The molecule has 0 aromatic rings. The van der Waals surface area contributed by atoms with E-state index in [1.165, 1.54) is 0 Å². The molecule has 0 bridgehead atoms. The maximum Gasteiger partial charge on any atom is 0.161 e. The zero-order chi connectivity index (χ0) is 8.69. The van der Waals surface area contributed by atoms with Crippen LogP contribution < -0.4 is 0 Å². The summed E-state index contributed by atoms with van der Waals surface area (Å²) in [4.78, 5) is 0. The highest BCUT2D eigenvalue weighted by molar-refractivity contribution is 6.24. The molecule has 0 saturated carbocycles. The smallest absolute Gasteiger partial charge is 0.161 e. The second kappa shape index (κ2) is 6.79. The first-order valence-electron chi connectivity index (χ1n) is 4.04. The van der Waals surface area contributed by atoms with Crippen molar-refractivity contribution in [1.29, 1.82) is 0 Å². The Morgan fingerprint density at radius 1 is 1.45 bits per heavy atom. The van der Waals surface area contributed by atoms with Crippen LogP contribution in [0.5, 0.6) is 0 Å². The van der Waals surface area contributed by atoms with Crippen LogP contribution >= 0.6 is 0 Å². The third kappa shape index (κ3) is 5.38. The van der Waals surface area contributed by atoms with E-state index in [2.05, 4.69) is 6.55 Å². The minimum Gasteiger partial charge on any atom is -0.400 e. The summed E-state index contributed by atoms with van der Waals surface area (Å²) in [5.74, 6) is 0. The molecular weight excluding hydrogens is 160 g/mol. The Morgan fingerprint density at radius 2 is 2.09 bits per heavy atom. The third-order valence-electron chi connectivity index (χ3n) is 1.36. The molecule has 0 rings (SSSR count). The zero-order valence-corrected chi connectivity index (χ0v) is 9.21. The molecule has 4 heteroatoms. The fraction of sp³-hybridized carbons (Fsp3) is 1.00. The van der Waals surface area contributed by atoms with Crippen LogP contribution in [0.4, 0.5) is 0 Å². The van der Waals surface area contributed by atoms with Gasteiger partial charge >= 0.3 is 0 Å². The summed E-state index contributed by atoms with van der Waals surface area (Å²) in [6.07, 6.45) is 0.649. The van der Waals surface area contributed by atoms with Gasteiger partial charge in [-0.05, 0) is 13.3 Å². The number of rotatable bonds is 6. The van der Waals surface area contributed by atoms with Gasteiger partial charge in [-0.1, -0.05) is 13.5 Å². The quantitative estimate of drug-likeness (QED) is 0.446. The Balaban J connectivity index is 3.49. The van der Waals surface area contributed by atoms with Gasteiger partial charge in [0.05, 0.1) is 0 Å². The highest BCUT2D eigenvalue weighted by Crippen LogP contribution is 2.03. The Bertz CT molecular complexity index is 89.8. The Hall–Kier alpha value is 0.0969. The fourth-order valence-corrected chi connectivity index (χ4v) is 1.39. The number of hydrogen-bond acceptors (Lipinski definition) is 3. The van der Waals surface area contributed by atoms with Crippen LogP contribution in [0.1, 0.15) is 20.3 Å². The molecule has 2 unspecified atom stereocenters. The normalized spacial score (nSPS) is 17.5. The molecule has 68 valence electrons. The Morgan fingerprint density at radius 3 is 2.45 bits per heavy atom. The summed E-state index contributed by atoms with van der Waals surface area (Å²) in [5.41, 5.74) is 0. The van der Waals surface area contributed by atoms with Gasteiger partial charge in [-0.15, -0.1) is 0 Å². The highest BCUT2D eigenvalue weighted by atomic mass is 28.2. The molecule has 0 aromatic heterocycles. The summed E-state index contributed by atoms with van der Waals surface area (Å²) < 4.78 is 15.7. The van der Waals surface area contributed by atoms with Gasteiger partial charge in [-0.3, -0.25) is 0 Å². The summed E-state index contributed by atoms with van der Waals surface area (Å²) >= 11 is 0. The lowest BCUT2D eigenvalue weighted by Gasteiger charge is -2.20. The zero-order valence-electron chi connectivity index (χ0n) is 7.79. The van der Waals surface area contributed by atoms with Crippen molar-refractivity contribution >= 4 is 9.76 Å². The second-order valence-electron chi connectivity index (χ2n) is 2.23. The fourth-order valence-electron chi connectivity index (χ4n) is 0.709. The van der Waals surface area contributed by atoms with Crippen LogP contribution in [-0.2, 0) is 13.9 Å². The van der Waals surface area contributed by atoms with Gasteiger partial charge in [0.25, 0.3) is 0 Å². The summed E-state index contributed by atoms with van der Waals surface area (Å²) in [5, 5.41) is 0. The molecule has 2 atom stereocenters. The van der Waals surface area contributed by atoms with Gasteiger partial charge in [0.15, 0.2) is 16.1 Å². The van der Waals surface area contributed by atoms with E-state index in [-0.39, 0.29) is 22.3 Å². The monoisotopic (exact) mass is 178 g/mol. The van der Waals surface area contributed by atoms with E-state index in [0.717, 1.165) is 6.42 Å². The first kappa shape index (κ1) is 11.1. The van der Waals surface area contributed by atoms with Gasteiger partial charge in [0.2, 0.25) is 0 Å². The molecular formula is C7H18O3Si. The number of methoxy groups -OCH3 is 1. The van der Waals surface area contributed by atoms with Gasteiger partial charge in [0, 0.05) is 7.11 Å². The van der Waals surface area contributed by atoms with Crippen LogP contribution in [0.25, 0.3) is 0 Å². The predicted molar refractivity (Wildman–Crippen MR) is 47.1 cm³/mol. The SMILES string of the molecule is CCC(O[SiH2]C)OC(C)OC. The van der Waals surface area contributed by atoms with E-state index in [4.69, 9.17) is 13.9 Å². The molecule has 0 fully saturated rings. The molecule has 0 heterocycles. The molecule has 0 N–H and O–H groups in total. The van der Waals surface area contributed by atoms with Crippen molar-refractivity contribution in [3.8, 4) is 0 Å². The second-order valence-corrected chi connectivity index (χ2v) is 3.14. The first-order valence-corrected chi connectivity index (χ1v) is 6.03. The minimum absolute atomic E-state index is 0.0679. The molecule has 0 spiro atoms. The van der Waals surface area contributed by atoms with Gasteiger partial charge in [-0.2, -0.15) is 0 Å². The predicted octanol–water partition coefficient (Wildman–Crippen LogP) is 0.880. The van der Waals surface area contributed by atoms with Crippen molar-refractivity contribution in [2.45, 2.75) is 39.4 Å². The number of hydrogen-bond donors (Lipinski definition) is 0. The van der Waals surface area contributed by atoms with Crippen molar-refractivity contribution in [3.63, 3.8) is 0 Å². The molecule has 0 saturated heterocycles. The van der Waals surface area contributed by atoms with Crippen LogP contribution in [0.15, 0.2) is 0 Å². The average molecular weight is 178 g/mol. The third-order valence-corrected chi connectivity index (χ3v) is 2.07. The molecule has 0 aromatic carbocycles. The maximum absolute atomic E-state index is 5.40. The van der Waals surface area contributed by atoms with Gasteiger partial charge in [0.1, 0.15) is 6.29 Å². The van der Waals surface area contributed by atoms with E-state index in [9.17, 15) is 0 Å². The van der Waals surface area contributed by atoms with Crippen LogP contribution in [0.2, 0.25) is 6.55 Å².